The zero-order valence-electron chi connectivity index (χ0n) is 9.66. The lowest BCUT2D eigenvalue weighted by molar-refractivity contribution is 0.460. The Hall–Kier alpha value is -0.520. The van der Waals surface area contributed by atoms with Crippen LogP contribution in [0.4, 0.5) is 0 Å². The highest BCUT2D eigenvalue weighted by Crippen LogP contribution is 2.23. The molecule has 1 aromatic heterocycles. The number of furan rings is 1. The van der Waals surface area contributed by atoms with Crippen molar-refractivity contribution in [3.05, 3.63) is 17.6 Å². The number of hydrogen-bond donors (Lipinski definition) is 0. The number of alkyl halides is 1. The van der Waals surface area contributed by atoms with Crippen LogP contribution in [0.2, 0.25) is 0 Å². The van der Waals surface area contributed by atoms with Crippen LogP contribution in [0.1, 0.15) is 24.9 Å². The van der Waals surface area contributed by atoms with Crippen molar-refractivity contribution in [3.8, 4) is 0 Å². The van der Waals surface area contributed by atoms with Gasteiger partial charge in [0.25, 0.3) is 0 Å². The molecular weight excluding hydrogens is 250 g/mol. The fourth-order valence-electron chi connectivity index (χ4n) is 1.45. The Morgan fingerprint density at radius 3 is 2.56 bits per heavy atom. The van der Waals surface area contributed by atoms with Crippen molar-refractivity contribution < 1.29 is 12.8 Å². The normalized spacial score (nSPS) is 12.3. The summed E-state index contributed by atoms with van der Waals surface area (Å²) in [5, 5.41) is 0. The molecule has 0 amide bonds. The molecule has 0 N–H and O–H groups in total. The zero-order chi connectivity index (χ0) is 12.3. The molecule has 1 rings (SSSR count). The van der Waals surface area contributed by atoms with Gasteiger partial charge in [-0.1, -0.05) is 6.92 Å². The Morgan fingerprint density at radius 1 is 1.50 bits per heavy atom. The molecule has 0 bridgehead atoms. The zero-order valence-corrected chi connectivity index (χ0v) is 11.2. The molecule has 6 heteroatoms. The summed E-state index contributed by atoms with van der Waals surface area (Å²) in [7, 11) is -1.88. The Bertz CT molecular complexity index is 453. The lowest BCUT2D eigenvalue weighted by Gasteiger charge is -2.15. The van der Waals surface area contributed by atoms with E-state index in [1.54, 1.807) is 14.0 Å². The van der Waals surface area contributed by atoms with Gasteiger partial charge in [0, 0.05) is 19.7 Å². The average molecular weight is 266 g/mol. The summed E-state index contributed by atoms with van der Waals surface area (Å²) in [4.78, 5) is 0.208. The minimum Gasteiger partial charge on any atom is -0.464 e. The molecule has 1 heterocycles. The van der Waals surface area contributed by atoms with Gasteiger partial charge >= 0.3 is 0 Å². The molecule has 0 fully saturated rings. The summed E-state index contributed by atoms with van der Waals surface area (Å²) in [6.45, 7) is 4.05. The summed E-state index contributed by atoms with van der Waals surface area (Å²) in [6, 6.07) is 1.49. The van der Waals surface area contributed by atoms with Crippen molar-refractivity contribution >= 4 is 21.6 Å². The number of nitrogens with zero attached hydrogens (tertiary/aromatic N) is 1. The fourth-order valence-corrected chi connectivity index (χ4v) is 3.02. The van der Waals surface area contributed by atoms with E-state index in [0.29, 0.717) is 18.1 Å². The van der Waals surface area contributed by atoms with E-state index < -0.39 is 10.0 Å². The molecule has 0 aliphatic heterocycles. The number of halogens is 1. The van der Waals surface area contributed by atoms with E-state index in [2.05, 4.69) is 0 Å². The Labute approximate surface area is 101 Å². The van der Waals surface area contributed by atoms with E-state index in [0.717, 1.165) is 6.42 Å². The molecule has 1 aromatic rings. The Morgan fingerprint density at radius 2 is 2.12 bits per heavy atom. The summed E-state index contributed by atoms with van der Waals surface area (Å²) in [6.07, 6.45) is 0.773. The van der Waals surface area contributed by atoms with Gasteiger partial charge in [-0.2, -0.15) is 0 Å². The molecule has 92 valence electrons. The van der Waals surface area contributed by atoms with Crippen molar-refractivity contribution in [2.24, 2.45) is 0 Å². The molecule has 4 nitrogen and oxygen atoms in total. The molecule has 0 aliphatic rings. The van der Waals surface area contributed by atoms with Crippen LogP contribution in [0.25, 0.3) is 0 Å². The highest BCUT2D eigenvalue weighted by molar-refractivity contribution is 7.89. The first-order chi connectivity index (χ1) is 7.43. The van der Waals surface area contributed by atoms with Crippen molar-refractivity contribution in [1.82, 2.24) is 4.31 Å². The van der Waals surface area contributed by atoms with Crippen LogP contribution in [-0.2, 0) is 15.9 Å². The number of rotatable bonds is 5. The van der Waals surface area contributed by atoms with Crippen LogP contribution in [0.5, 0.6) is 0 Å². The van der Waals surface area contributed by atoms with Gasteiger partial charge in [-0.05, 0) is 13.3 Å². The SMILES string of the molecule is CCCN(C)S(=O)(=O)c1cc(CCl)oc1C. The predicted molar refractivity (Wildman–Crippen MR) is 63.1 cm³/mol. The second kappa shape index (κ2) is 5.21. The molecule has 0 unspecified atom stereocenters. The van der Waals surface area contributed by atoms with Crippen LogP contribution in [0.3, 0.4) is 0 Å². The van der Waals surface area contributed by atoms with Gasteiger partial charge in [0.1, 0.15) is 16.4 Å². The first kappa shape index (κ1) is 13.5. The smallest absolute Gasteiger partial charge is 0.246 e. The van der Waals surface area contributed by atoms with Gasteiger partial charge in [0.15, 0.2) is 0 Å². The van der Waals surface area contributed by atoms with E-state index in [1.165, 1.54) is 10.4 Å². The minimum absolute atomic E-state index is 0.174. The second-order valence-corrected chi connectivity index (χ2v) is 5.87. The highest BCUT2D eigenvalue weighted by atomic mass is 35.5. The molecule has 0 saturated carbocycles. The maximum atomic E-state index is 12.1. The van der Waals surface area contributed by atoms with Crippen molar-refractivity contribution in [1.29, 1.82) is 0 Å². The van der Waals surface area contributed by atoms with E-state index >= 15 is 0 Å². The molecule has 16 heavy (non-hydrogen) atoms. The van der Waals surface area contributed by atoms with Crippen LogP contribution >= 0.6 is 11.6 Å². The summed E-state index contributed by atoms with van der Waals surface area (Å²) >= 11 is 5.60. The van der Waals surface area contributed by atoms with Gasteiger partial charge < -0.3 is 4.42 Å². The fraction of sp³-hybridized carbons (Fsp3) is 0.600. The van der Waals surface area contributed by atoms with E-state index in [4.69, 9.17) is 16.0 Å². The summed E-state index contributed by atoms with van der Waals surface area (Å²) in [5.41, 5.74) is 0. The van der Waals surface area contributed by atoms with E-state index in [1.807, 2.05) is 6.92 Å². The third kappa shape index (κ3) is 2.59. The predicted octanol–water partition coefficient (Wildman–Crippen LogP) is 2.36. The first-order valence-electron chi connectivity index (χ1n) is 5.05. The highest BCUT2D eigenvalue weighted by Gasteiger charge is 2.25. The van der Waals surface area contributed by atoms with Gasteiger partial charge in [-0.3, -0.25) is 0 Å². The summed E-state index contributed by atoms with van der Waals surface area (Å²) < 4.78 is 30.8. The van der Waals surface area contributed by atoms with Crippen molar-refractivity contribution in [2.75, 3.05) is 13.6 Å². The third-order valence-electron chi connectivity index (χ3n) is 2.28. The Kier molecular flexibility index (Phi) is 4.41. The number of hydrogen-bond acceptors (Lipinski definition) is 3. The first-order valence-corrected chi connectivity index (χ1v) is 7.02. The minimum atomic E-state index is -3.44. The molecular formula is C10H16ClNO3S. The summed E-state index contributed by atoms with van der Waals surface area (Å²) in [5.74, 6) is 1.04. The average Bonchev–Trinajstić information content (AvgIpc) is 2.60. The van der Waals surface area contributed by atoms with Crippen LogP contribution in [-0.4, -0.2) is 26.3 Å². The topological polar surface area (TPSA) is 50.5 Å². The van der Waals surface area contributed by atoms with Gasteiger partial charge in [-0.25, -0.2) is 12.7 Å². The molecule has 0 atom stereocenters. The molecule has 0 spiro atoms. The van der Waals surface area contributed by atoms with Crippen molar-refractivity contribution in [3.63, 3.8) is 0 Å². The molecule has 0 radical (unpaired) electrons. The van der Waals surface area contributed by atoms with Gasteiger partial charge in [0.05, 0.1) is 5.88 Å². The lowest BCUT2D eigenvalue weighted by Crippen LogP contribution is -2.27. The number of sulfonamides is 1. The maximum absolute atomic E-state index is 12.1. The van der Waals surface area contributed by atoms with Crippen LogP contribution < -0.4 is 0 Å². The Balaban J connectivity index is 3.11. The molecule has 0 aromatic carbocycles. The van der Waals surface area contributed by atoms with E-state index in [9.17, 15) is 8.42 Å². The van der Waals surface area contributed by atoms with Gasteiger partial charge in [-0.15, -0.1) is 11.6 Å². The van der Waals surface area contributed by atoms with Gasteiger partial charge in [0.2, 0.25) is 10.0 Å². The van der Waals surface area contributed by atoms with Crippen LogP contribution in [0, 0.1) is 6.92 Å². The second-order valence-electron chi connectivity index (χ2n) is 3.59. The number of aryl methyl sites for hydroxylation is 1. The van der Waals surface area contributed by atoms with Crippen molar-refractivity contribution in [2.45, 2.75) is 31.0 Å². The van der Waals surface area contributed by atoms with Crippen LogP contribution in [0.15, 0.2) is 15.4 Å². The molecule has 0 aliphatic carbocycles. The standard InChI is InChI=1S/C10H16ClNO3S/c1-4-5-12(3)16(13,14)10-6-9(7-11)15-8(10)2/h6H,4-5,7H2,1-3H3. The lowest BCUT2D eigenvalue weighted by atomic mass is 10.4. The monoisotopic (exact) mass is 265 g/mol. The largest absolute Gasteiger partial charge is 0.464 e. The quantitative estimate of drug-likeness (QED) is 0.768. The molecule has 0 saturated heterocycles. The van der Waals surface area contributed by atoms with E-state index in [-0.39, 0.29) is 10.8 Å². The third-order valence-corrected chi connectivity index (χ3v) is 4.51. The maximum Gasteiger partial charge on any atom is 0.246 e.